The number of aliphatic imine (C=N–C) groups is 1. The molecule has 3 aromatic carbocycles. The highest BCUT2D eigenvalue weighted by molar-refractivity contribution is 6.22. The number of amides is 1. The van der Waals surface area contributed by atoms with Crippen molar-refractivity contribution in [3.05, 3.63) is 95.1 Å². The zero-order valence-electron chi connectivity index (χ0n) is 20.6. The van der Waals surface area contributed by atoms with Crippen LogP contribution in [0.15, 0.2) is 77.8 Å². The number of aromatic amines is 1. The number of methoxy groups -OCH3 is 1. The molecule has 0 radical (unpaired) electrons. The second kappa shape index (κ2) is 9.67. The Labute approximate surface area is 209 Å². The van der Waals surface area contributed by atoms with Gasteiger partial charge in [0.1, 0.15) is 5.54 Å². The maximum absolute atomic E-state index is 12.5. The minimum Gasteiger partial charge on any atom is -0.494 e. The third-order valence-corrected chi connectivity index (χ3v) is 6.04. The topological polar surface area (TPSA) is 121 Å². The number of H-pyrrole nitrogens is 1. The summed E-state index contributed by atoms with van der Waals surface area (Å²) in [4.78, 5) is 33.8. The van der Waals surface area contributed by atoms with Crippen LogP contribution in [0, 0.1) is 0 Å². The van der Waals surface area contributed by atoms with E-state index in [4.69, 9.17) is 15.5 Å². The Kier molecular flexibility index (Phi) is 6.63. The van der Waals surface area contributed by atoms with E-state index in [2.05, 4.69) is 4.98 Å². The number of hydrogen-bond acceptors (Lipinski definition) is 6. The van der Waals surface area contributed by atoms with E-state index in [1.54, 1.807) is 63.5 Å². The predicted octanol–water partition coefficient (Wildman–Crippen LogP) is 4.09. The number of likely N-dealkylation sites (N-methyl/N-ethyl adjacent to an activating group) is 1. The Hall–Kier alpha value is -4.43. The lowest BCUT2D eigenvalue weighted by Crippen LogP contribution is -2.48. The molecule has 0 aliphatic heterocycles. The van der Waals surface area contributed by atoms with Crippen LogP contribution in [-0.4, -0.2) is 53.8 Å². The summed E-state index contributed by atoms with van der Waals surface area (Å²) in [6, 6.07) is 21.6. The lowest BCUT2D eigenvalue weighted by atomic mass is 9.91. The van der Waals surface area contributed by atoms with Gasteiger partial charge in [-0.15, -0.1) is 0 Å². The van der Waals surface area contributed by atoms with Crippen LogP contribution in [0.5, 0.6) is 5.88 Å². The first kappa shape index (κ1) is 24.7. The molecular formula is C28H28N4O4. The Bertz CT molecular complexity index is 1450. The third kappa shape index (κ3) is 4.58. The highest BCUT2D eigenvalue weighted by Gasteiger charge is 2.31. The fraction of sp³-hybridized carbons (Fsp3) is 0.179. The van der Waals surface area contributed by atoms with Gasteiger partial charge in [0.05, 0.1) is 29.6 Å². The lowest BCUT2D eigenvalue weighted by molar-refractivity contribution is -0.134. The number of aromatic hydroxyl groups is 1. The van der Waals surface area contributed by atoms with Gasteiger partial charge in [-0.1, -0.05) is 48.5 Å². The number of carbonyl (C=O) groups is 2. The van der Waals surface area contributed by atoms with Gasteiger partial charge in [-0.2, -0.15) is 0 Å². The molecule has 184 valence electrons. The SMILES string of the molecule is COC(=O)c1ccc2c(C(=Nc3ccc(C(C)(N)C(=O)N(C)C)cc3)c3ccccc3)c(O)[nH]c2c1. The number of ether oxygens (including phenoxy) is 1. The van der Waals surface area contributed by atoms with E-state index >= 15 is 0 Å². The van der Waals surface area contributed by atoms with Crippen LogP contribution < -0.4 is 5.73 Å². The monoisotopic (exact) mass is 484 g/mol. The van der Waals surface area contributed by atoms with Crippen LogP contribution in [0.1, 0.15) is 34.0 Å². The molecule has 4 rings (SSSR count). The summed E-state index contributed by atoms with van der Waals surface area (Å²) in [5, 5.41) is 11.6. The largest absolute Gasteiger partial charge is 0.494 e. The number of nitrogens with one attached hydrogen (secondary N) is 1. The molecule has 1 heterocycles. The fourth-order valence-electron chi connectivity index (χ4n) is 4.13. The predicted molar refractivity (Wildman–Crippen MR) is 140 cm³/mol. The average Bonchev–Trinajstić information content (AvgIpc) is 3.21. The minimum atomic E-state index is -1.18. The standard InChI is InChI=1S/C28H28N4O4/c1-28(29,27(35)32(2)3)19-11-13-20(14-12-19)30-24(17-8-6-5-7-9-17)23-21-15-10-18(26(34)36-4)16-22(21)31-25(23)33/h5-16,31,33H,29H2,1-4H3. The summed E-state index contributed by atoms with van der Waals surface area (Å²) < 4.78 is 4.81. The number of aromatic nitrogens is 1. The van der Waals surface area contributed by atoms with Gasteiger partial charge < -0.3 is 25.5 Å². The van der Waals surface area contributed by atoms with Crippen LogP contribution in [0.25, 0.3) is 10.9 Å². The van der Waals surface area contributed by atoms with Crippen molar-refractivity contribution in [2.24, 2.45) is 10.7 Å². The van der Waals surface area contributed by atoms with Crippen molar-refractivity contribution in [1.82, 2.24) is 9.88 Å². The molecule has 1 aromatic heterocycles. The van der Waals surface area contributed by atoms with Crippen molar-refractivity contribution in [2.75, 3.05) is 21.2 Å². The molecule has 0 aliphatic rings. The summed E-state index contributed by atoms with van der Waals surface area (Å²) in [5.74, 6) is -0.750. The number of carbonyl (C=O) groups excluding carboxylic acids is 2. The number of nitrogens with two attached hydrogens (primary N) is 1. The second-order valence-corrected chi connectivity index (χ2v) is 8.88. The van der Waals surface area contributed by atoms with Gasteiger partial charge in [-0.05, 0) is 36.8 Å². The molecule has 0 bridgehead atoms. The van der Waals surface area contributed by atoms with E-state index in [0.717, 1.165) is 5.56 Å². The summed E-state index contributed by atoms with van der Waals surface area (Å²) >= 11 is 0. The molecule has 1 amide bonds. The highest BCUT2D eigenvalue weighted by atomic mass is 16.5. The van der Waals surface area contributed by atoms with E-state index in [0.29, 0.717) is 39.0 Å². The van der Waals surface area contributed by atoms with E-state index in [1.807, 2.05) is 30.3 Å². The molecule has 8 heteroatoms. The number of rotatable bonds is 6. The van der Waals surface area contributed by atoms with Crippen LogP contribution in [-0.2, 0) is 15.1 Å². The van der Waals surface area contributed by atoms with Crippen molar-refractivity contribution < 1.29 is 19.4 Å². The third-order valence-electron chi connectivity index (χ3n) is 6.04. The molecule has 0 saturated heterocycles. The number of nitrogens with zero attached hydrogens (tertiary/aromatic N) is 2. The van der Waals surface area contributed by atoms with Crippen molar-refractivity contribution in [3.8, 4) is 5.88 Å². The minimum absolute atomic E-state index is 0.0719. The first-order valence-electron chi connectivity index (χ1n) is 11.3. The molecule has 4 N–H and O–H groups in total. The number of hydrogen-bond donors (Lipinski definition) is 3. The zero-order chi connectivity index (χ0) is 26.0. The van der Waals surface area contributed by atoms with Gasteiger partial charge in [0.25, 0.3) is 0 Å². The van der Waals surface area contributed by atoms with Gasteiger partial charge in [0.2, 0.25) is 5.91 Å². The highest BCUT2D eigenvalue weighted by Crippen LogP contribution is 2.32. The Balaban J connectivity index is 1.83. The number of fused-ring (bicyclic) bond motifs is 1. The normalized spacial score (nSPS) is 13.3. The molecule has 4 aromatic rings. The van der Waals surface area contributed by atoms with Gasteiger partial charge >= 0.3 is 5.97 Å². The molecule has 0 aliphatic carbocycles. The number of esters is 1. The van der Waals surface area contributed by atoms with Crippen LogP contribution in [0.4, 0.5) is 5.69 Å². The molecule has 0 spiro atoms. The number of benzene rings is 3. The quantitative estimate of drug-likeness (QED) is 0.281. The van der Waals surface area contributed by atoms with Gasteiger partial charge in [-0.3, -0.25) is 4.79 Å². The Morgan fingerprint density at radius 2 is 1.67 bits per heavy atom. The molecule has 1 unspecified atom stereocenters. The fourth-order valence-corrected chi connectivity index (χ4v) is 4.13. The smallest absolute Gasteiger partial charge is 0.337 e. The van der Waals surface area contributed by atoms with Crippen LogP contribution >= 0.6 is 0 Å². The second-order valence-electron chi connectivity index (χ2n) is 8.88. The van der Waals surface area contributed by atoms with Gasteiger partial charge in [0, 0.05) is 30.6 Å². The first-order valence-corrected chi connectivity index (χ1v) is 11.3. The first-order chi connectivity index (χ1) is 17.1. The van der Waals surface area contributed by atoms with E-state index in [-0.39, 0.29) is 11.8 Å². The van der Waals surface area contributed by atoms with Crippen molar-refractivity contribution in [2.45, 2.75) is 12.5 Å². The summed E-state index contributed by atoms with van der Waals surface area (Å²) in [6.45, 7) is 1.68. The van der Waals surface area contributed by atoms with E-state index < -0.39 is 11.5 Å². The average molecular weight is 485 g/mol. The molecule has 0 saturated carbocycles. The van der Waals surface area contributed by atoms with E-state index in [1.165, 1.54) is 12.0 Å². The molecule has 36 heavy (non-hydrogen) atoms. The summed E-state index contributed by atoms with van der Waals surface area (Å²) in [6.07, 6.45) is 0. The van der Waals surface area contributed by atoms with Crippen molar-refractivity contribution in [3.63, 3.8) is 0 Å². The maximum atomic E-state index is 12.5. The summed E-state index contributed by atoms with van der Waals surface area (Å²) in [7, 11) is 4.65. The van der Waals surface area contributed by atoms with Crippen molar-refractivity contribution >= 4 is 34.2 Å². The molecule has 8 nitrogen and oxygen atoms in total. The van der Waals surface area contributed by atoms with Gasteiger partial charge in [-0.25, -0.2) is 9.79 Å². The summed E-state index contributed by atoms with van der Waals surface area (Å²) in [5.41, 5.74) is 9.20. The molecule has 0 fully saturated rings. The van der Waals surface area contributed by atoms with E-state index in [9.17, 15) is 14.7 Å². The maximum Gasteiger partial charge on any atom is 0.337 e. The lowest BCUT2D eigenvalue weighted by Gasteiger charge is -2.27. The van der Waals surface area contributed by atoms with Crippen LogP contribution in [0.2, 0.25) is 0 Å². The zero-order valence-corrected chi connectivity index (χ0v) is 20.6. The Morgan fingerprint density at radius 3 is 2.28 bits per heavy atom. The molecular weight excluding hydrogens is 456 g/mol. The Morgan fingerprint density at radius 1 is 1.00 bits per heavy atom. The van der Waals surface area contributed by atoms with Crippen LogP contribution in [0.3, 0.4) is 0 Å². The van der Waals surface area contributed by atoms with Crippen molar-refractivity contribution in [1.29, 1.82) is 0 Å². The van der Waals surface area contributed by atoms with Gasteiger partial charge in [0.15, 0.2) is 5.88 Å². The molecule has 1 atom stereocenters.